The maximum atomic E-state index is 14.1. The fraction of sp³-hybridized carbons (Fsp3) is 0.259. The van der Waals surface area contributed by atoms with Crippen LogP contribution in [0.3, 0.4) is 0 Å². The summed E-state index contributed by atoms with van der Waals surface area (Å²) >= 11 is 0. The molecule has 2 aliphatic rings. The monoisotopic (exact) mass is 508 g/mol. The zero-order valence-corrected chi connectivity index (χ0v) is 20.6. The number of nitrogens with zero attached hydrogens (tertiary/aromatic N) is 2. The summed E-state index contributed by atoms with van der Waals surface area (Å²) in [6.45, 7) is 0.884. The zero-order valence-electron chi connectivity index (χ0n) is 19.7. The number of amides is 1. The highest BCUT2D eigenvalue weighted by Gasteiger charge is 2.39. The Hall–Kier alpha value is -3.72. The van der Waals surface area contributed by atoms with Crippen LogP contribution in [-0.4, -0.2) is 56.1 Å². The minimum absolute atomic E-state index is 0.0464. The highest BCUT2D eigenvalue weighted by atomic mass is 32.2. The van der Waals surface area contributed by atoms with E-state index in [-0.39, 0.29) is 40.0 Å². The number of likely N-dealkylation sites (tertiary alicyclic amines) is 1. The van der Waals surface area contributed by atoms with Gasteiger partial charge in [0.1, 0.15) is 16.4 Å². The second-order valence-corrected chi connectivity index (χ2v) is 10.8. The number of hydrogen-bond acceptors (Lipinski definition) is 5. The molecule has 7 nitrogen and oxygen atoms in total. The van der Waals surface area contributed by atoms with Crippen LogP contribution in [0.4, 0.5) is 4.39 Å². The summed E-state index contributed by atoms with van der Waals surface area (Å²) in [4.78, 5) is 28.0. The van der Waals surface area contributed by atoms with E-state index in [0.29, 0.717) is 13.1 Å². The molecular weight excluding hydrogens is 483 g/mol. The third kappa shape index (κ3) is 4.24. The third-order valence-electron chi connectivity index (χ3n) is 6.63. The van der Waals surface area contributed by atoms with Crippen LogP contribution >= 0.6 is 0 Å². The van der Waals surface area contributed by atoms with Crippen molar-refractivity contribution in [1.82, 2.24) is 9.21 Å². The summed E-state index contributed by atoms with van der Waals surface area (Å²) in [6.07, 6.45) is 2.87. The van der Waals surface area contributed by atoms with Gasteiger partial charge in [-0.25, -0.2) is 12.8 Å². The SMILES string of the molecule is CN1C(C(=O)c2ccc3ccccc3c2)=C(OCC(=O)N2CCCCC2)c2ccc(F)cc2S1(=O)=O. The number of halogens is 1. The van der Waals surface area contributed by atoms with Crippen LogP contribution < -0.4 is 0 Å². The fourth-order valence-electron chi connectivity index (χ4n) is 4.66. The zero-order chi connectivity index (χ0) is 25.4. The molecule has 9 heteroatoms. The molecule has 0 bridgehead atoms. The van der Waals surface area contributed by atoms with Crippen molar-refractivity contribution in [3.63, 3.8) is 0 Å². The largest absolute Gasteiger partial charge is 0.481 e. The summed E-state index contributed by atoms with van der Waals surface area (Å²) in [7, 11) is -3.01. The van der Waals surface area contributed by atoms with E-state index in [1.165, 1.54) is 13.1 Å². The Morgan fingerprint density at radius 3 is 2.42 bits per heavy atom. The van der Waals surface area contributed by atoms with E-state index in [0.717, 1.165) is 46.5 Å². The molecule has 0 N–H and O–H groups in total. The topological polar surface area (TPSA) is 84.0 Å². The van der Waals surface area contributed by atoms with Gasteiger partial charge in [0.05, 0.1) is 0 Å². The number of fused-ring (bicyclic) bond motifs is 2. The average Bonchev–Trinajstić information content (AvgIpc) is 2.90. The number of allylic oxidation sites excluding steroid dienone is 1. The predicted molar refractivity (Wildman–Crippen MR) is 133 cm³/mol. The van der Waals surface area contributed by atoms with Gasteiger partial charge in [0.15, 0.2) is 12.4 Å². The van der Waals surface area contributed by atoms with E-state index in [1.54, 1.807) is 23.1 Å². The van der Waals surface area contributed by atoms with Crippen molar-refractivity contribution >= 4 is 38.2 Å². The molecule has 36 heavy (non-hydrogen) atoms. The lowest BCUT2D eigenvalue weighted by Crippen LogP contribution is -2.39. The van der Waals surface area contributed by atoms with Crippen molar-refractivity contribution < 1.29 is 27.1 Å². The number of carbonyl (C=O) groups excluding carboxylic acids is 2. The first kappa shape index (κ1) is 24.0. The van der Waals surface area contributed by atoms with Gasteiger partial charge in [-0.05, 0) is 54.3 Å². The van der Waals surface area contributed by atoms with Gasteiger partial charge < -0.3 is 9.64 Å². The number of likely N-dealkylation sites (N-methyl/N-ethyl adjacent to an activating group) is 1. The van der Waals surface area contributed by atoms with E-state index in [2.05, 4.69) is 0 Å². The van der Waals surface area contributed by atoms with E-state index in [1.807, 2.05) is 24.3 Å². The Morgan fingerprint density at radius 2 is 1.67 bits per heavy atom. The number of benzene rings is 3. The van der Waals surface area contributed by atoms with Crippen LogP contribution in [0.2, 0.25) is 0 Å². The Kier molecular flexibility index (Phi) is 6.26. The summed E-state index contributed by atoms with van der Waals surface area (Å²) in [5.41, 5.74) is 0.0840. The van der Waals surface area contributed by atoms with Gasteiger partial charge in [-0.2, -0.15) is 0 Å². The number of ketones is 1. The smallest absolute Gasteiger partial charge is 0.265 e. The highest BCUT2D eigenvalue weighted by Crippen LogP contribution is 2.38. The summed E-state index contributed by atoms with van der Waals surface area (Å²) < 4.78 is 47.3. The number of piperidine rings is 1. The second kappa shape index (κ2) is 9.39. The van der Waals surface area contributed by atoms with Gasteiger partial charge in [0, 0.05) is 31.3 Å². The second-order valence-electron chi connectivity index (χ2n) is 8.91. The molecule has 186 valence electrons. The third-order valence-corrected chi connectivity index (χ3v) is 8.43. The van der Waals surface area contributed by atoms with Crippen LogP contribution in [0, 0.1) is 5.82 Å². The number of sulfonamides is 1. The maximum Gasteiger partial charge on any atom is 0.265 e. The molecule has 0 aromatic heterocycles. The summed E-state index contributed by atoms with van der Waals surface area (Å²) in [5.74, 6) is -1.63. The minimum atomic E-state index is -4.24. The normalized spacial score (nSPS) is 17.2. The van der Waals surface area contributed by atoms with Crippen LogP contribution in [-0.2, 0) is 19.6 Å². The Bertz CT molecular complexity index is 1510. The molecule has 0 unspecified atom stereocenters. The van der Waals surface area contributed by atoms with E-state index < -0.39 is 21.6 Å². The lowest BCUT2D eigenvalue weighted by atomic mass is 10.0. The van der Waals surface area contributed by atoms with Gasteiger partial charge in [-0.1, -0.05) is 36.4 Å². The fourth-order valence-corrected chi connectivity index (χ4v) is 6.06. The van der Waals surface area contributed by atoms with Gasteiger partial charge in [-0.15, -0.1) is 0 Å². The van der Waals surface area contributed by atoms with Gasteiger partial charge >= 0.3 is 0 Å². The van der Waals surface area contributed by atoms with Gasteiger partial charge in [0.2, 0.25) is 5.78 Å². The molecule has 1 amide bonds. The Morgan fingerprint density at radius 1 is 0.944 bits per heavy atom. The average molecular weight is 509 g/mol. The first-order valence-corrected chi connectivity index (χ1v) is 13.2. The maximum absolute atomic E-state index is 14.1. The first-order valence-electron chi connectivity index (χ1n) is 11.7. The quantitative estimate of drug-likeness (QED) is 0.483. The lowest BCUT2D eigenvalue weighted by Gasteiger charge is -2.31. The number of ether oxygens (including phenoxy) is 1. The Labute approximate surface area is 208 Å². The molecule has 2 heterocycles. The van der Waals surface area contributed by atoms with Crippen molar-refractivity contribution in [2.75, 3.05) is 26.7 Å². The van der Waals surface area contributed by atoms with Crippen LogP contribution in [0.5, 0.6) is 0 Å². The van der Waals surface area contributed by atoms with Gasteiger partial charge in [-0.3, -0.25) is 13.9 Å². The molecule has 0 atom stereocenters. The van der Waals surface area contributed by atoms with Crippen molar-refractivity contribution in [2.45, 2.75) is 24.2 Å². The molecule has 0 spiro atoms. The van der Waals surface area contributed by atoms with E-state index in [9.17, 15) is 22.4 Å². The van der Waals surface area contributed by atoms with Gasteiger partial charge in [0.25, 0.3) is 15.9 Å². The molecular formula is C27H25FN2O5S. The van der Waals surface area contributed by atoms with Crippen LogP contribution in [0.25, 0.3) is 16.5 Å². The van der Waals surface area contributed by atoms with Crippen molar-refractivity contribution in [2.24, 2.45) is 0 Å². The molecule has 0 saturated carbocycles. The van der Waals surface area contributed by atoms with E-state index in [4.69, 9.17) is 4.74 Å². The molecule has 1 fully saturated rings. The first-order chi connectivity index (χ1) is 17.3. The number of hydrogen-bond donors (Lipinski definition) is 0. The van der Waals surface area contributed by atoms with Crippen molar-refractivity contribution in [3.05, 3.63) is 83.3 Å². The molecule has 3 aromatic carbocycles. The number of rotatable bonds is 5. The lowest BCUT2D eigenvalue weighted by molar-refractivity contribution is -0.134. The Balaban J connectivity index is 1.61. The van der Waals surface area contributed by atoms with Crippen molar-refractivity contribution in [1.29, 1.82) is 0 Å². The standard InChI is InChI=1S/C27H25FN2O5S/c1-29-25(26(32)20-10-9-18-7-3-4-8-19(18)15-20)27(35-17-24(31)30-13-5-2-6-14-30)22-12-11-21(28)16-23(22)36(29,33)34/h3-4,7-12,15-16H,2,5-6,13-14,17H2,1H3. The molecule has 3 aromatic rings. The summed E-state index contributed by atoms with van der Waals surface area (Å²) in [5, 5.41) is 1.74. The summed E-state index contributed by atoms with van der Waals surface area (Å²) in [6, 6.07) is 15.8. The number of carbonyl (C=O) groups is 2. The minimum Gasteiger partial charge on any atom is -0.481 e. The number of Topliss-reactive ketones (excluding diaryl/α,β-unsaturated/α-hetero) is 1. The van der Waals surface area contributed by atoms with E-state index >= 15 is 0 Å². The molecule has 2 aliphatic heterocycles. The molecule has 5 rings (SSSR count). The highest BCUT2D eigenvalue weighted by molar-refractivity contribution is 7.89. The van der Waals surface area contributed by atoms with Crippen LogP contribution in [0.1, 0.15) is 35.2 Å². The molecule has 0 radical (unpaired) electrons. The van der Waals surface area contributed by atoms with Crippen LogP contribution in [0.15, 0.2) is 71.3 Å². The predicted octanol–water partition coefficient (Wildman–Crippen LogP) is 4.19. The molecule has 1 saturated heterocycles. The van der Waals surface area contributed by atoms with Crippen molar-refractivity contribution in [3.8, 4) is 0 Å². The molecule has 0 aliphatic carbocycles.